The van der Waals surface area contributed by atoms with Gasteiger partial charge in [0.15, 0.2) is 0 Å². The van der Waals surface area contributed by atoms with Crippen molar-refractivity contribution >= 4 is 12.1 Å². The van der Waals surface area contributed by atoms with E-state index in [1.807, 2.05) is 24.3 Å². The van der Waals surface area contributed by atoms with Crippen molar-refractivity contribution in [2.45, 2.75) is 38.3 Å². The number of nitrogens with zero attached hydrogens (tertiary/aromatic N) is 3. The molecular weight excluding hydrogens is 344 g/mol. The predicted molar refractivity (Wildman–Crippen MR) is 104 cm³/mol. The number of hydrogen-bond acceptors (Lipinski definition) is 3. The van der Waals surface area contributed by atoms with Gasteiger partial charge in [-0.1, -0.05) is 18.2 Å². The minimum atomic E-state index is -0.0948. The largest absolute Gasteiger partial charge is 0.490 e. The lowest BCUT2D eigenvalue weighted by Crippen LogP contribution is -2.54. The molecule has 4 amide bonds. The van der Waals surface area contributed by atoms with E-state index in [2.05, 4.69) is 5.32 Å². The molecule has 1 aliphatic heterocycles. The number of urea groups is 2. The van der Waals surface area contributed by atoms with E-state index in [0.717, 1.165) is 24.2 Å². The Morgan fingerprint density at radius 1 is 1.07 bits per heavy atom. The molecule has 1 N–H and O–H groups in total. The van der Waals surface area contributed by atoms with Gasteiger partial charge in [0.25, 0.3) is 0 Å². The van der Waals surface area contributed by atoms with Gasteiger partial charge in [0, 0.05) is 52.4 Å². The van der Waals surface area contributed by atoms with Crippen LogP contribution in [0, 0.1) is 0 Å². The molecule has 0 aromatic heterocycles. The maximum absolute atomic E-state index is 12.5. The zero-order chi connectivity index (χ0) is 19.2. The van der Waals surface area contributed by atoms with E-state index in [1.54, 1.807) is 28.8 Å². The first-order valence-electron chi connectivity index (χ1n) is 9.78. The summed E-state index contributed by atoms with van der Waals surface area (Å²) < 4.78 is 6.13. The van der Waals surface area contributed by atoms with Gasteiger partial charge in [0.1, 0.15) is 5.75 Å². The molecule has 1 aromatic rings. The van der Waals surface area contributed by atoms with Crippen molar-refractivity contribution in [3.63, 3.8) is 0 Å². The Morgan fingerprint density at radius 2 is 1.70 bits per heavy atom. The quantitative estimate of drug-likeness (QED) is 0.881. The molecule has 7 nitrogen and oxygen atoms in total. The van der Waals surface area contributed by atoms with E-state index < -0.39 is 0 Å². The summed E-state index contributed by atoms with van der Waals surface area (Å²) in [6, 6.07) is 7.81. The van der Waals surface area contributed by atoms with Crippen molar-refractivity contribution in [3.8, 4) is 5.75 Å². The van der Waals surface area contributed by atoms with Gasteiger partial charge in [-0.2, -0.15) is 0 Å². The van der Waals surface area contributed by atoms with Crippen LogP contribution < -0.4 is 10.1 Å². The predicted octanol–water partition coefficient (Wildman–Crippen LogP) is 2.52. The van der Waals surface area contributed by atoms with E-state index in [4.69, 9.17) is 4.74 Å². The first-order chi connectivity index (χ1) is 13.0. The maximum Gasteiger partial charge on any atom is 0.319 e. The molecule has 148 valence electrons. The molecule has 0 unspecified atom stereocenters. The third-order valence-electron chi connectivity index (χ3n) is 5.22. The van der Waals surface area contributed by atoms with Crippen LogP contribution in [0.25, 0.3) is 0 Å². The second-order valence-corrected chi connectivity index (χ2v) is 7.44. The summed E-state index contributed by atoms with van der Waals surface area (Å²) in [5.41, 5.74) is 0.999. The SMILES string of the molecule is CN(C)C(=O)N1CCN(C(=O)NCc2ccccc2OC2CCCC2)CC1. The van der Waals surface area contributed by atoms with Gasteiger partial charge in [-0.15, -0.1) is 0 Å². The minimum Gasteiger partial charge on any atom is -0.490 e. The zero-order valence-electron chi connectivity index (χ0n) is 16.3. The molecule has 1 saturated heterocycles. The van der Waals surface area contributed by atoms with Gasteiger partial charge < -0.3 is 24.8 Å². The number of piperazine rings is 1. The van der Waals surface area contributed by atoms with Crippen LogP contribution in [0.2, 0.25) is 0 Å². The lowest BCUT2D eigenvalue weighted by Gasteiger charge is -2.35. The summed E-state index contributed by atoms with van der Waals surface area (Å²) in [5, 5.41) is 2.99. The molecule has 0 spiro atoms. The number of nitrogens with one attached hydrogen (secondary N) is 1. The Kier molecular flexibility index (Phi) is 6.42. The summed E-state index contributed by atoms with van der Waals surface area (Å²) in [5.74, 6) is 0.867. The normalized spacial score (nSPS) is 17.7. The number of carbonyl (C=O) groups is 2. The van der Waals surface area contributed by atoms with Crippen LogP contribution in [0.5, 0.6) is 5.75 Å². The van der Waals surface area contributed by atoms with Crippen LogP contribution in [-0.2, 0) is 6.54 Å². The molecule has 0 radical (unpaired) electrons. The van der Waals surface area contributed by atoms with Gasteiger partial charge in [-0.25, -0.2) is 9.59 Å². The van der Waals surface area contributed by atoms with Crippen LogP contribution in [0.1, 0.15) is 31.2 Å². The van der Waals surface area contributed by atoms with Crippen LogP contribution >= 0.6 is 0 Å². The molecule has 2 aliphatic rings. The standard InChI is InChI=1S/C20H30N4O3/c1-22(2)20(26)24-13-11-23(12-14-24)19(25)21-15-16-7-3-6-10-18(16)27-17-8-4-5-9-17/h3,6-7,10,17H,4-5,8-9,11-15H2,1-2H3,(H,21,25). The van der Waals surface area contributed by atoms with Crippen molar-refractivity contribution in [1.82, 2.24) is 20.0 Å². The number of benzene rings is 1. The van der Waals surface area contributed by atoms with Crippen molar-refractivity contribution in [2.75, 3.05) is 40.3 Å². The van der Waals surface area contributed by atoms with Crippen LogP contribution in [0.4, 0.5) is 9.59 Å². The number of hydrogen-bond donors (Lipinski definition) is 1. The Bertz CT molecular complexity index is 650. The number of rotatable bonds is 4. The third kappa shape index (κ3) is 5.05. The van der Waals surface area contributed by atoms with Crippen molar-refractivity contribution in [2.24, 2.45) is 0 Å². The second kappa shape index (κ2) is 8.97. The molecule has 2 fully saturated rings. The second-order valence-electron chi connectivity index (χ2n) is 7.44. The lowest BCUT2D eigenvalue weighted by atomic mass is 10.2. The van der Waals surface area contributed by atoms with E-state index in [1.165, 1.54) is 12.8 Å². The molecule has 27 heavy (non-hydrogen) atoms. The molecule has 1 aliphatic carbocycles. The third-order valence-corrected chi connectivity index (χ3v) is 5.22. The van der Waals surface area contributed by atoms with E-state index in [9.17, 15) is 9.59 Å². The fourth-order valence-electron chi connectivity index (χ4n) is 3.62. The molecular formula is C20H30N4O3. The topological polar surface area (TPSA) is 65.1 Å². The van der Waals surface area contributed by atoms with Gasteiger partial charge in [-0.05, 0) is 31.7 Å². The van der Waals surface area contributed by atoms with Crippen LogP contribution in [0.15, 0.2) is 24.3 Å². The Hall–Kier alpha value is -2.44. The van der Waals surface area contributed by atoms with Crippen LogP contribution in [0.3, 0.4) is 0 Å². The molecule has 0 bridgehead atoms. The average Bonchev–Trinajstić information content (AvgIpc) is 3.19. The molecule has 3 rings (SSSR count). The zero-order valence-corrected chi connectivity index (χ0v) is 16.3. The maximum atomic E-state index is 12.5. The highest BCUT2D eigenvalue weighted by Gasteiger charge is 2.25. The average molecular weight is 374 g/mol. The summed E-state index contributed by atoms with van der Waals surface area (Å²) in [4.78, 5) is 29.6. The van der Waals surface area contributed by atoms with Crippen molar-refractivity contribution in [1.29, 1.82) is 0 Å². The first kappa shape index (κ1) is 19.3. The summed E-state index contributed by atoms with van der Waals surface area (Å²) in [6.45, 7) is 2.66. The highest BCUT2D eigenvalue weighted by Crippen LogP contribution is 2.26. The number of para-hydroxylation sites is 1. The number of amides is 4. The Morgan fingerprint density at radius 3 is 2.37 bits per heavy atom. The Balaban J connectivity index is 1.49. The summed E-state index contributed by atoms with van der Waals surface area (Å²) in [6.07, 6.45) is 4.97. The van der Waals surface area contributed by atoms with E-state index in [0.29, 0.717) is 38.8 Å². The van der Waals surface area contributed by atoms with Gasteiger partial charge in [0.05, 0.1) is 6.10 Å². The lowest BCUT2D eigenvalue weighted by molar-refractivity contribution is 0.128. The minimum absolute atomic E-state index is 0.00644. The van der Waals surface area contributed by atoms with Crippen LogP contribution in [-0.4, -0.2) is 73.1 Å². The summed E-state index contributed by atoms with van der Waals surface area (Å²) >= 11 is 0. The highest BCUT2D eigenvalue weighted by atomic mass is 16.5. The Labute approximate surface area is 161 Å². The van der Waals surface area contributed by atoms with E-state index >= 15 is 0 Å². The van der Waals surface area contributed by atoms with E-state index in [-0.39, 0.29) is 12.1 Å². The van der Waals surface area contributed by atoms with Gasteiger partial charge >= 0.3 is 12.1 Å². The molecule has 1 saturated carbocycles. The molecule has 1 aromatic carbocycles. The fraction of sp³-hybridized carbons (Fsp3) is 0.600. The van der Waals surface area contributed by atoms with Crippen molar-refractivity contribution in [3.05, 3.63) is 29.8 Å². The summed E-state index contributed by atoms with van der Waals surface area (Å²) in [7, 11) is 3.49. The number of carbonyl (C=O) groups excluding carboxylic acids is 2. The van der Waals surface area contributed by atoms with Gasteiger partial charge in [-0.3, -0.25) is 0 Å². The molecule has 0 atom stereocenters. The van der Waals surface area contributed by atoms with Crippen molar-refractivity contribution < 1.29 is 14.3 Å². The molecule has 7 heteroatoms. The molecule has 1 heterocycles. The smallest absolute Gasteiger partial charge is 0.319 e. The fourth-order valence-corrected chi connectivity index (χ4v) is 3.62. The first-order valence-corrected chi connectivity index (χ1v) is 9.78. The number of ether oxygens (including phenoxy) is 1. The van der Waals surface area contributed by atoms with Gasteiger partial charge in [0.2, 0.25) is 0 Å². The highest BCUT2D eigenvalue weighted by molar-refractivity contribution is 5.76. The monoisotopic (exact) mass is 374 g/mol.